The first kappa shape index (κ1) is 18.9. The summed E-state index contributed by atoms with van der Waals surface area (Å²) in [6, 6.07) is 23.1. The Morgan fingerprint density at radius 3 is 2.68 bits per heavy atom. The third-order valence-electron chi connectivity index (χ3n) is 5.42. The van der Waals surface area contributed by atoms with Gasteiger partial charge in [0.25, 0.3) is 0 Å². The maximum absolute atomic E-state index is 11.6. The minimum Gasteiger partial charge on any atom is -0.488 e. The van der Waals surface area contributed by atoms with Crippen molar-refractivity contribution in [1.29, 1.82) is 0 Å². The van der Waals surface area contributed by atoms with Crippen molar-refractivity contribution in [2.45, 2.75) is 13.0 Å². The number of fused-ring (bicyclic) bond motifs is 2. The highest BCUT2D eigenvalue weighted by atomic mass is 16.5. The van der Waals surface area contributed by atoms with Gasteiger partial charge < -0.3 is 14.8 Å². The number of ether oxygens (including phenoxy) is 1. The zero-order valence-corrected chi connectivity index (χ0v) is 16.7. The van der Waals surface area contributed by atoms with Crippen LogP contribution in [0, 0.1) is 0 Å². The van der Waals surface area contributed by atoms with Gasteiger partial charge in [-0.2, -0.15) is 0 Å². The Morgan fingerprint density at radius 2 is 1.84 bits per heavy atom. The number of allylic oxidation sites excluding steroid dienone is 1. The number of hydrogen-bond acceptors (Lipinski definition) is 3. The van der Waals surface area contributed by atoms with Crippen molar-refractivity contribution in [3.05, 3.63) is 113 Å². The number of H-pyrrole nitrogens is 1. The monoisotopic (exact) mass is 408 g/mol. The molecule has 5 rings (SSSR count). The van der Waals surface area contributed by atoms with Crippen LogP contribution in [-0.4, -0.2) is 21.0 Å². The second kappa shape index (κ2) is 7.95. The molecular formula is C26H20N2O3. The average molecular weight is 408 g/mol. The molecule has 0 amide bonds. The number of carboxylic acids is 1. The lowest BCUT2D eigenvalue weighted by Gasteiger charge is -2.11. The van der Waals surface area contributed by atoms with Crippen LogP contribution in [0.4, 0.5) is 0 Å². The van der Waals surface area contributed by atoms with Gasteiger partial charge in [-0.15, -0.1) is 0 Å². The normalized spacial score (nSPS) is 13.7. The van der Waals surface area contributed by atoms with Crippen molar-refractivity contribution in [1.82, 2.24) is 9.97 Å². The van der Waals surface area contributed by atoms with Gasteiger partial charge >= 0.3 is 5.97 Å². The van der Waals surface area contributed by atoms with Crippen molar-refractivity contribution in [2.75, 3.05) is 0 Å². The summed E-state index contributed by atoms with van der Waals surface area (Å²) in [6.45, 7) is 0.436. The molecule has 0 spiro atoms. The van der Waals surface area contributed by atoms with Crippen molar-refractivity contribution >= 4 is 11.5 Å². The fraction of sp³-hybridized carbons (Fsp3) is 0.0769. The standard InChI is InChI=1S/C26H20N2O3/c29-26(30)18-10-12-24-22(14-18)21(20-9-5-4-8-19(20)16-31-24)11-13-25-27-15-23(28-25)17-6-2-1-3-7-17/h1-12,14-15H,13,16H2,(H,27,28)(H,29,30). The van der Waals surface area contributed by atoms with Crippen LogP contribution in [0.2, 0.25) is 0 Å². The first-order valence-corrected chi connectivity index (χ1v) is 10.1. The highest BCUT2D eigenvalue weighted by Crippen LogP contribution is 2.37. The molecule has 0 atom stereocenters. The Labute approximate surface area is 179 Å². The number of aromatic carboxylic acids is 1. The van der Waals surface area contributed by atoms with Crippen LogP contribution in [-0.2, 0) is 13.0 Å². The smallest absolute Gasteiger partial charge is 0.335 e. The summed E-state index contributed by atoms with van der Waals surface area (Å²) in [5, 5.41) is 9.48. The third kappa shape index (κ3) is 3.73. The van der Waals surface area contributed by atoms with Crippen LogP contribution >= 0.6 is 0 Å². The largest absolute Gasteiger partial charge is 0.488 e. The SMILES string of the molecule is O=C(O)c1ccc2c(c1)C(=CCc1ncc(-c3ccccc3)[nH]1)c1ccccc1CO2. The van der Waals surface area contributed by atoms with Crippen LogP contribution in [0.1, 0.15) is 32.9 Å². The maximum atomic E-state index is 11.6. The second-order valence-electron chi connectivity index (χ2n) is 7.39. The summed E-state index contributed by atoms with van der Waals surface area (Å²) in [5.74, 6) is 0.556. The molecule has 1 aromatic heterocycles. The van der Waals surface area contributed by atoms with Crippen LogP contribution in [0.25, 0.3) is 16.8 Å². The number of rotatable bonds is 4. The number of imidazole rings is 1. The van der Waals surface area contributed by atoms with Crippen LogP contribution in [0.15, 0.2) is 85.1 Å². The summed E-state index contributed by atoms with van der Waals surface area (Å²) >= 11 is 0. The number of aromatic nitrogens is 2. The third-order valence-corrected chi connectivity index (χ3v) is 5.42. The predicted molar refractivity (Wildman–Crippen MR) is 119 cm³/mol. The summed E-state index contributed by atoms with van der Waals surface area (Å²) < 4.78 is 6.00. The lowest BCUT2D eigenvalue weighted by atomic mass is 9.92. The van der Waals surface area contributed by atoms with Crippen molar-refractivity contribution in [3.63, 3.8) is 0 Å². The van der Waals surface area contributed by atoms with Gasteiger partial charge in [-0.05, 0) is 40.5 Å². The van der Waals surface area contributed by atoms with Gasteiger partial charge in [0, 0.05) is 12.0 Å². The number of nitrogens with zero attached hydrogens (tertiary/aromatic N) is 1. The topological polar surface area (TPSA) is 75.2 Å². The molecule has 2 heterocycles. The number of benzene rings is 3. The summed E-state index contributed by atoms with van der Waals surface area (Å²) in [4.78, 5) is 19.5. The molecule has 2 N–H and O–H groups in total. The van der Waals surface area contributed by atoms with Crippen LogP contribution < -0.4 is 4.74 Å². The predicted octanol–water partition coefficient (Wildman–Crippen LogP) is 5.34. The Kier molecular flexibility index (Phi) is 4.84. The van der Waals surface area contributed by atoms with E-state index in [-0.39, 0.29) is 5.56 Å². The molecule has 0 saturated carbocycles. The quantitative estimate of drug-likeness (QED) is 0.478. The van der Waals surface area contributed by atoms with E-state index in [1.165, 1.54) is 0 Å². The van der Waals surface area contributed by atoms with Gasteiger partial charge in [0.15, 0.2) is 0 Å². The van der Waals surface area contributed by atoms with Gasteiger partial charge in [0.05, 0.1) is 17.5 Å². The van der Waals surface area contributed by atoms with Crippen molar-refractivity contribution in [3.8, 4) is 17.0 Å². The zero-order valence-electron chi connectivity index (χ0n) is 16.7. The van der Waals surface area contributed by atoms with Gasteiger partial charge in [-0.25, -0.2) is 9.78 Å². The number of aromatic amines is 1. The molecule has 4 aromatic rings. The molecule has 0 bridgehead atoms. The van der Waals surface area contributed by atoms with Gasteiger partial charge in [0.2, 0.25) is 0 Å². The second-order valence-corrected chi connectivity index (χ2v) is 7.39. The Morgan fingerprint density at radius 1 is 1.03 bits per heavy atom. The molecule has 31 heavy (non-hydrogen) atoms. The van der Waals surface area contributed by atoms with Gasteiger partial charge in [-0.1, -0.05) is 60.7 Å². The van der Waals surface area contributed by atoms with Crippen LogP contribution in [0.3, 0.4) is 0 Å². The number of carboxylic acid groups (broad SMARTS) is 1. The van der Waals surface area contributed by atoms with E-state index in [0.29, 0.717) is 18.8 Å². The molecule has 1 aliphatic rings. The lowest BCUT2D eigenvalue weighted by molar-refractivity contribution is 0.0697. The van der Waals surface area contributed by atoms with E-state index >= 15 is 0 Å². The molecule has 0 radical (unpaired) electrons. The first-order valence-electron chi connectivity index (χ1n) is 10.1. The molecule has 5 heteroatoms. The van der Waals surface area contributed by atoms with E-state index < -0.39 is 5.97 Å². The average Bonchev–Trinajstić information content (AvgIpc) is 3.22. The Hall–Kier alpha value is -4.12. The Bertz CT molecular complexity index is 1290. The van der Waals surface area contributed by atoms with E-state index in [4.69, 9.17) is 4.74 Å². The molecule has 5 nitrogen and oxygen atoms in total. The van der Waals surface area contributed by atoms with Crippen LogP contribution in [0.5, 0.6) is 5.75 Å². The summed E-state index contributed by atoms with van der Waals surface area (Å²) in [5.41, 5.74) is 6.11. The molecule has 0 fully saturated rings. The van der Waals surface area contributed by atoms with Crippen molar-refractivity contribution < 1.29 is 14.6 Å². The highest BCUT2D eigenvalue weighted by Gasteiger charge is 2.20. The number of nitrogens with one attached hydrogen (secondary N) is 1. The maximum Gasteiger partial charge on any atom is 0.335 e. The molecule has 1 aliphatic heterocycles. The molecule has 0 saturated heterocycles. The fourth-order valence-electron chi connectivity index (χ4n) is 3.86. The zero-order chi connectivity index (χ0) is 21.2. The van der Waals surface area contributed by atoms with E-state index in [1.54, 1.807) is 18.2 Å². The minimum atomic E-state index is -0.960. The number of carbonyl (C=O) groups is 1. The van der Waals surface area contributed by atoms with Gasteiger partial charge in [0.1, 0.15) is 18.2 Å². The lowest BCUT2D eigenvalue weighted by Crippen LogP contribution is -1.99. The van der Waals surface area contributed by atoms with E-state index in [2.05, 4.69) is 16.0 Å². The van der Waals surface area contributed by atoms with Gasteiger partial charge in [-0.3, -0.25) is 0 Å². The summed E-state index contributed by atoms with van der Waals surface area (Å²) in [6.07, 6.45) is 4.50. The number of hydrogen-bond donors (Lipinski definition) is 2. The fourth-order valence-corrected chi connectivity index (χ4v) is 3.86. The molecule has 3 aromatic carbocycles. The van der Waals surface area contributed by atoms with E-state index in [9.17, 15) is 9.90 Å². The molecular weight excluding hydrogens is 388 g/mol. The van der Waals surface area contributed by atoms with E-state index in [1.807, 2.05) is 60.8 Å². The molecule has 152 valence electrons. The molecule has 0 aliphatic carbocycles. The minimum absolute atomic E-state index is 0.233. The van der Waals surface area contributed by atoms with Crippen molar-refractivity contribution in [2.24, 2.45) is 0 Å². The molecule has 0 unspecified atom stereocenters. The Balaban J connectivity index is 1.56. The first-order chi connectivity index (χ1) is 15.2. The highest BCUT2D eigenvalue weighted by molar-refractivity contribution is 5.92. The summed E-state index contributed by atoms with van der Waals surface area (Å²) in [7, 11) is 0. The van der Waals surface area contributed by atoms with E-state index in [0.717, 1.165) is 39.3 Å².